The number of nitrogens with zero attached hydrogens (tertiary/aromatic N) is 3. The van der Waals surface area contributed by atoms with Gasteiger partial charge in [0.2, 0.25) is 5.28 Å². The van der Waals surface area contributed by atoms with Crippen LogP contribution in [-0.2, 0) is 4.74 Å². The molecule has 1 heterocycles. The van der Waals surface area contributed by atoms with Gasteiger partial charge in [0.1, 0.15) is 5.82 Å². The van der Waals surface area contributed by atoms with Crippen LogP contribution in [0.3, 0.4) is 0 Å². The first-order valence-electron chi connectivity index (χ1n) is 6.38. The van der Waals surface area contributed by atoms with Gasteiger partial charge in [-0.05, 0) is 31.4 Å². The van der Waals surface area contributed by atoms with E-state index < -0.39 is 0 Å². The van der Waals surface area contributed by atoms with Crippen LogP contribution in [-0.4, -0.2) is 36.3 Å². The van der Waals surface area contributed by atoms with Crippen LogP contribution in [0.15, 0.2) is 6.20 Å². The van der Waals surface area contributed by atoms with Crippen LogP contribution in [0, 0.1) is 6.92 Å². The quantitative estimate of drug-likeness (QED) is 0.715. The number of aromatic nitrogens is 2. The fraction of sp³-hybridized carbons (Fsp3) is 0.692. The number of ether oxygens (including phenoxy) is 1. The summed E-state index contributed by atoms with van der Waals surface area (Å²) < 4.78 is 5.19. The maximum Gasteiger partial charge on any atom is 0.224 e. The molecule has 0 saturated heterocycles. The number of anilines is 1. The molecule has 0 unspecified atom stereocenters. The third-order valence-corrected chi connectivity index (χ3v) is 3.29. The van der Waals surface area contributed by atoms with Crippen molar-refractivity contribution in [1.82, 2.24) is 9.97 Å². The fourth-order valence-electron chi connectivity index (χ4n) is 2.08. The predicted octanol–water partition coefficient (Wildman–Crippen LogP) is 3.08. The summed E-state index contributed by atoms with van der Waals surface area (Å²) in [4.78, 5) is 10.6. The molecule has 0 aromatic carbocycles. The lowest BCUT2D eigenvalue weighted by molar-refractivity contribution is 0.202. The van der Waals surface area contributed by atoms with Gasteiger partial charge in [0, 0.05) is 31.5 Å². The number of aryl methyl sites for hydroxylation is 1. The molecule has 1 aromatic rings. The first-order valence-corrected chi connectivity index (χ1v) is 6.76. The van der Waals surface area contributed by atoms with E-state index in [-0.39, 0.29) is 0 Å². The highest BCUT2D eigenvalue weighted by Gasteiger charge is 2.19. The Morgan fingerprint density at radius 3 is 2.61 bits per heavy atom. The number of methoxy groups -OCH3 is 1. The highest BCUT2D eigenvalue weighted by Crippen LogP contribution is 2.22. The van der Waals surface area contributed by atoms with E-state index in [0.717, 1.165) is 30.8 Å². The van der Waals surface area contributed by atoms with Gasteiger partial charge in [-0.1, -0.05) is 13.8 Å². The van der Waals surface area contributed by atoms with Crippen molar-refractivity contribution >= 4 is 17.4 Å². The molecule has 1 rings (SSSR count). The van der Waals surface area contributed by atoms with Crippen molar-refractivity contribution in [3.8, 4) is 0 Å². The first-order chi connectivity index (χ1) is 8.63. The molecular weight excluding hydrogens is 250 g/mol. The Hall–Kier alpha value is -0.870. The van der Waals surface area contributed by atoms with Crippen molar-refractivity contribution in [2.24, 2.45) is 0 Å². The molecule has 0 aliphatic heterocycles. The van der Waals surface area contributed by atoms with Gasteiger partial charge in [0.05, 0.1) is 6.61 Å². The normalized spacial score (nSPS) is 11.0. The summed E-state index contributed by atoms with van der Waals surface area (Å²) in [7, 11) is 1.71. The Kier molecular flexibility index (Phi) is 6.36. The molecular formula is C13H22ClN3O. The molecule has 0 amide bonds. The molecule has 0 saturated carbocycles. The van der Waals surface area contributed by atoms with Gasteiger partial charge in [-0.15, -0.1) is 0 Å². The topological polar surface area (TPSA) is 38.2 Å². The van der Waals surface area contributed by atoms with Gasteiger partial charge < -0.3 is 9.64 Å². The average molecular weight is 272 g/mol. The molecule has 0 bridgehead atoms. The zero-order valence-electron chi connectivity index (χ0n) is 11.6. The van der Waals surface area contributed by atoms with E-state index in [2.05, 4.69) is 28.7 Å². The molecule has 0 radical (unpaired) electrons. The van der Waals surface area contributed by atoms with Gasteiger partial charge in [-0.25, -0.2) is 9.97 Å². The Morgan fingerprint density at radius 2 is 2.06 bits per heavy atom. The van der Waals surface area contributed by atoms with Gasteiger partial charge in [-0.3, -0.25) is 0 Å². The van der Waals surface area contributed by atoms with Crippen LogP contribution in [0.5, 0.6) is 0 Å². The van der Waals surface area contributed by atoms with Crippen molar-refractivity contribution in [3.63, 3.8) is 0 Å². The summed E-state index contributed by atoms with van der Waals surface area (Å²) in [5.41, 5.74) is 1.04. The van der Waals surface area contributed by atoms with Crippen molar-refractivity contribution in [2.75, 3.05) is 25.2 Å². The number of halogens is 1. The zero-order chi connectivity index (χ0) is 13.5. The summed E-state index contributed by atoms with van der Waals surface area (Å²) in [5.74, 6) is 0.917. The summed E-state index contributed by atoms with van der Waals surface area (Å²) in [6.07, 6.45) is 3.91. The molecule has 5 heteroatoms. The van der Waals surface area contributed by atoms with Gasteiger partial charge in [-0.2, -0.15) is 0 Å². The monoisotopic (exact) mass is 271 g/mol. The van der Waals surface area contributed by atoms with Gasteiger partial charge in [0.15, 0.2) is 0 Å². The molecule has 0 N–H and O–H groups in total. The molecule has 0 aliphatic rings. The van der Waals surface area contributed by atoms with E-state index in [1.54, 1.807) is 13.3 Å². The Labute approximate surface area is 114 Å². The Morgan fingerprint density at radius 1 is 1.39 bits per heavy atom. The Bertz CT molecular complexity index is 369. The second-order valence-electron chi connectivity index (χ2n) is 4.30. The summed E-state index contributed by atoms with van der Waals surface area (Å²) in [6.45, 7) is 7.88. The van der Waals surface area contributed by atoms with Crippen LogP contribution >= 0.6 is 11.6 Å². The smallest absolute Gasteiger partial charge is 0.224 e. The van der Waals surface area contributed by atoms with E-state index in [1.165, 1.54) is 0 Å². The number of hydrogen-bond donors (Lipinski definition) is 0. The second kappa shape index (κ2) is 7.54. The highest BCUT2D eigenvalue weighted by molar-refractivity contribution is 6.28. The van der Waals surface area contributed by atoms with Crippen LogP contribution in [0.2, 0.25) is 5.28 Å². The SMILES string of the molecule is CCC(CC)N(CCOC)c1nc(Cl)ncc1C. The van der Waals surface area contributed by atoms with Crippen LogP contribution < -0.4 is 4.90 Å². The second-order valence-corrected chi connectivity index (χ2v) is 4.64. The maximum absolute atomic E-state index is 5.91. The van der Waals surface area contributed by atoms with Crippen LogP contribution in [0.25, 0.3) is 0 Å². The third-order valence-electron chi connectivity index (χ3n) is 3.11. The predicted molar refractivity (Wildman–Crippen MR) is 75.4 cm³/mol. The van der Waals surface area contributed by atoms with Crippen molar-refractivity contribution in [2.45, 2.75) is 39.7 Å². The number of rotatable bonds is 7. The van der Waals surface area contributed by atoms with Crippen molar-refractivity contribution in [1.29, 1.82) is 0 Å². The molecule has 1 aromatic heterocycles. The lowest BCUT2D eigenvalue weighted by atomic mass is 10.1. The van der Waals surface area contributed by atoms with Crippen LogP contribution in [0.1, 0.15) is 32.3 Å². The van der Waals surface area contributed by atoms with Gasteiger partial charge >= 0.3 is 0 Å². The van der Waals surface area contributed by atoms with Gasteiger partial charge in [0.25, 0.3) is 0 Å². The summed E-state index contributed by atoms with van der Waals surface area (Å²) >= 11 is 5.91. The minimum atomic E-state index is 0.295. The van der Waals surface area contributed by atoms with E-state index in [1.807, 2.05) is 6.92 Å². The highest BCUT2D eigenvalue weighted by atomic mass is 35.5. The number of hydrogen-bond acceptors (Lipinski definition) is 4. The fourth-order valence-corrected chi connectivity index (χ4v) is 2.21. The molecule has 102 valence electrons. The van der Waals surface area contributed by atoms with Crippen molar-refractivity contribution < 1.29 is 4.74 Å². The minimum Gasteiger partial charge on any atom is -0.383 e. The van der Waals surface area contributed by atoms with E-state index in [4.69, 9.17) is 16.3 Å². The molecule has 0 atom stereocenters. The van der Waals surface area contributed by atoms with E-state index in [0.29, 0.717) is 17.9 Å². The van der Waals surface area contributed by atoms with E-state index in [9.17, 15) is 0 Å². The standard InChI is InChI=1S/C13H22ClN3O/c1-5-11(6-2)17(7-8-18-4)12-10(3)9-15-13(14)16-12/h9,11H,5-8H2,1-4H3. The summed E-state index contributed by atoms with van der Waals surface area (Å²) in [6, 6.07) is 0.449. The molecule has 4 nitrogen and oxygen atoms in total. The molecule has 18 heavy (non-hydrogen) atoms. The first kappa shape index (κ1) is 15.2. The van der Waals surface area contributed by atoms with Crippen LogP contribution in [0.4, 0.5) is 5.82 Å². The molecule has 0 fully saturated rings. The molecule has 0 spiro atoms. The summed E-state index contributed by atoms with van der Waals surface area (Å²) in [5, 5.41) is 0.295. The molecule has 0 aliphatic carbocycles. The average Bonchev–Trinajstić information content (AvgIpc) is 2.38. The minimum absolute atomic E-state index is 0.295. The Balaban J connectivity index is 3.03. The van der Waals surface area contributed by atoms with Crippen molar-refractivity contribution in [3.05, 3.63) is 17.0 Å². The lowest BCUT2D eigenvalue weighted by Gasteiger charge is -2.32. The van der Waals surface area contributed by atoms with E-state index >= 15 is 0 Å². The largest absolute Gasteiger partial charge is 0.383 e. The zero-order valence-corrected chi connectivity index (χ0v) is 12.4. The lowest BCUT2D eigenvalue weighted by Crippen LogP contribution is -2.38. The third kappa shape index (κ3) is 3.82. The maximum atomic E-state index is 5.91.